The van der Waals surface area contributed by atoms with Crippen molar-refractivity contribution in [3.8, 4) is 0 Å². The van der Waals surface area contributed by atoms with Crippen molar-refractivity contribution >= 4 is 5.97 Å². The Kier molecular flexibility index (Phi) is 4.93. The zero-order valence-corrected chi connectivity index (χ0v) is 11.9. The molecule has 1 heterocycles. The summed E-state index contributed by atoms with van der Waals surface area (Å²) in [5.74, 6) is 0.411. The second-order valence-corrected chi connectivity index (χ2v) is 4.44. The molecule has 0 amide bonds. The average Bonchev–Trinajstić information content (AvgIpc) is 2.90. The van der Waals surface area contributed by atoms with Gasteiger partial charge in [0.1, 0.15) is 0 Å². The fourth-order valence-corrected chi connectivity index (χ4v) is 2.00. The minimum absolute atomic E-state index is 0.248. The first kappa shape index (κ1) is 14.3. The summed E-state index contributed by atoms with van der Waals surface area (Å²) in [4.78, 5) is 16.1. The molecule has 0 fully saturated rings. The van der Waals surface area contributed by atoms with Crippen LogP contribution in [0.15, 0.2) is 34.7 Å². The van der Waals surface area contributed by atoms with E-state index in [-0.39, 0.29) is 5.76 Å². The zero-order chi connectivity index (χ0) is 14.4. The second kappa shape index (κ2) is 6.89. The molecule has 0 saturated carbocycles. The molecule has 106 valence electrons. The van der Waals surface area contributed by atoms with Gasteiger partial charge in [-0.05, 0) is 25.3 Å². The Balaban J connectivity index is 2.07. The lowest BCUT2D eigenvalue weighted by Crippen LogP contribution is -2.05. The van der Waals surface area contributed by atoms with Crippen LogP contribution in [0, 0.1) is 0 Å². The van der Waals surface area contributed by atoms with Crippen LogP contribution in [0.1, 0.15) is 41.6 Å². The molecule has 0 N–H and O–H groups in total. The van der Waals surface area contributed by atoms with Crippen LogP contribution in [0.25, 0.3) is 0 Å². The minimum Gasteiger partial charge on any atom is -0.460 e. The van der Waals surface area contributed by atoms with Crippen molar-refractivity contribution in [3.63, 3.8) is 0 Å². The maximum absolute atomic E-state index is 11.8. The molecule has 0 unspecified atom stereocenters. The third-order valence-corrected chi connectivity index (χ3v) is 3.01. The summed E-state index contributed by atoms with van der Waals surface area (Å²) in [5.41, 5.74) is 1.90. The van der Waals surface area contributed by atoms with E-state index in [9.17, 15) is 4.79 Å². The van der Waals surface area contributed by atoms with Crippen LogP contribution in [-0.4, -0.2) is 17.6 Å². The highest BCUT2D eigenvalue weighted by molar-refractivity contribution is 5.87. The molecule has 1 aromatic carbocycles. The van der Waals surface area contributed by atoms with Crippen LogP contribution in [0.5, 0.6) is 0 Å². The number of oxazole rings is 1. The highest BCUT2D eigenvalue weighted by Crippen LogP contribution is 2.15. The van der Waals surface area contributed by atoms with Gasteiger partial charge in [-0.3, -0.25) is 0 Å². The Morgan fingerprint density at radius 3 is 2.60 bits per heavy atom. The van der Waals surface area contributed by atoms with Crippen LogP contribution in [-0.2, 0) is 24.0 Å². The molecule has 0 bridgehead atoms. The highest BCUT2D eigenvalue weighted by atomic mass is 16.5. The number of aromatic nitrogens is 1. The van der Waals surface area contributed by atoms with E-state index in [1.807, 2.05) is 25.1 Å². The fourth-order valence-electron chi connectivity index (χ4n) is 2.00. The van der Waals surface area contributed by atoms with Gasteiger partial charge in [0.2, 0.25) is 5.76 Å². The van der Waals surface area contributed by atoms with Crippen molar-refractivity contribution in [3.05, 3.63) is 53.2 Å². The molecule has 0 aliphatic heterocycles. The van der Waals surface area contributed by atoms with Crippen molar-refractivity contribution in [1.82, 2.24) is 4.98 Å². The molecule has 0 spiro atoms. The van der Waals surface area contributed by atoms with E-state index >= 15 is 0 Å². The lowest BCUT2D eigenvalue weighted by atomic mass is 10.1. The lowest BCUT2D eigenvalue weighted by molar-refractivity contribution is 0.0486. The SMILES string of the molecule is CCOC(=O)c1oc(CCc2ccccc2)nc1CC. The number of aryl methyl sites for hydroxylation is 3. The third-order valence-electron chi connectivity index (χ3n) is 3.01. The van der Waals surface area contributed by atoms with Gasteiger partial charge in [-0.25, -0.2) is 9.78 Å². The van der Waals surface area contributed by atoms with Crippen molar-refractivity contribution in [1.29, 1.82) is 0 Å². The van der Waals surface area contributed by atoms with Gasteiger partial charge in [-0.1, -0.05) is 37.3 Å². The average molecular weight is 273 g/mol. The summed E-state index contributed by atoms with van der Waals surface area (Å²) in [6.45, 7) is 4.06. The van der Waals surface area contributed by atoms with Gasteiger partial charge in [-0.15, -0.1) is 0 Å². The number of carbonyl (C=O) groups excluding carboxylic acids is 1. The second-order valence-electron chi connectivity index (χ2n) is 4.44. The number of hydrogen-bond donors (Lipinski definition) is 0. The molecule has 0 saturated heterocycles. The molecule has 2 rings (SSSR count). The highest BCUT2D eigenvalue weighted by Gasteiger charge is 2.19. The molecular formula is C16H19NO3. The Morgan fingerprint density at radius 2 is 1.95 bits per heavy atom. The zero-order valence-electron chi connectivity index (χ0n) is 11.9. The van der Waals surface area contributed by atoms with Crippen molar-refractivity contribution in [2.45, 2.75) is 33.1 Å². The molecule has 4 nitrogen and oxygen atoms in total. The predicted octanol–water partition coefficient (Wildman–Crippen LogP) is 3.20. The van der Waals surface area contributed by atoms with E-state index in [1.54, 1.807) is 6.92 Å². The number of esters is 1. The van der Waals surface area contributed by atoms with Crippen LogP contribution >= 0.6 is 0 Å². The molecule has 1 aromatic heterocycles. The summed E-state index contributed by atoms with van der Waals surface area (Å²) >= 11 is 0. The van der Waals surface area contributed by atoms with Crippen LogP contribution < -0.4 is 0 Å². The van der Waals surface area contributed by atoms with Crippen LogP contribution in [0.4, 0.5) is 0 Å². The summed E-state index contributed by atoms with van der Waals surface area (Å²) in [7, 11) is 0. The van der Waals surface area contributed by atoms with Crippen molar-refractivity contribution in [2.24, 2.45) is 0 Å². The summed E-state index contributed by atoms with van der Waals surface area (Å²) < 4.78 is 10.5. The first-order chi connectivity index (χ1) is 9.74. The van der Waals surface area contributed by atoms with E-state index in [4.69, 9.17) is 9.15 Å². The maximum atomic E-state index is 11.8. The monoisotopic (exact) mass is 273 g/mol. The number of carbonyl (C=O) groups is 1. The molecule has 0 aliphatic rings. The summed E-state index contributed by atoms with van der Waals surface area (Å²) in [6, 6.07) is 10.1. The number of benzene rings is 1. The fraction of sp³-hybridized carbons (Fsp3) is 0.375. The van der Waals surface area contributed by atoms with E-state index in [2.05, 4.69) is 17.1 Å². The quantitative estimate of drug-likeness (QED) is 0.758. The number of ether oxygens (including phenoxy) is 1. The van der Waals surface area contributed by atoms with Gasteiger partial charge in [0, 0.05) is 6.42 Å². The van der Waals surface area contributed by atoms with E-state index < -0.39 is 5.97 Å². The molecule has 0 radical (unpaired) electrons. The molecule has 0 atom stereocenters. The summed E-state index contributed by atoms with van der Waals surface area (Å²) in [6.07, 6.45) is 2.17. The van der Waals surface area contributed by atoms with E-state index in [1.165, 1.54) is 5.56 Å². The predicted molar refractivity (Wildman–Crippen MR) is 75.7 cm³/mol. The first-order valence-corrected chi connectivity index (χ1v) is 6.94. The smallest absolute Gasteiger partial charge is 0.376 e. The summed E-state index contributed by atoms with van der Waals surface area (Å²) in [5, 5.41) is 0. The number of nitrogens with zero attached hydrogens (tertiary/aromatic N) is 1. The van der Waals surface area contributed by atoms with Crippen molar-refractivity contribution < 1.29 is 13.9 Å². The van der Waals surface area contributed by atoms with Gasteiger partial charge in [0.05, 0.1) is 12.3 Å². The van der Waals surface area contributed by atoms with Gasteiger partial charge in [-0.2, -0.15) is 0 Å². The molecular weight excluding hydrogens is 254 g/mol. The molecule has 20 heavy (non-hydrogen) atoms. The largest absolute Gasteiger partial charge is 0.460 e. The Morgan fingerprint density at radius 1 is 1.20 bits per heavy atom. The number of rotatable bonds is 6. The minimum atomic E-state index is -0.428. The van der Waals surface area contributed by atoms with Gasteiger partial charge in [0.15, 0.2) is 5.89 Å². The standard InChI is InChI=1S/C16H19NO3/c1-3-13-15(16(18)19-4-2)20-14(17-13)11-10-12-8-6-5-7-9-12/h5-9H,3-4,10-11H2,1-2H3. The number of hydrogen-bond acceptors (Lipinski definition) is 4. The first-order valence-electron chi connectivity index (χ1n) is 6.94. The van der Waals surface area contributed by atoms with Gasteiger partial charge < -0.3 is 9.15 Å². The Hall–Kier alpha value is -2.10. The normalized spacial score (nSPS) is 10.5. The molecule has 4 heteroatoms. The van der Waals surface area contributed by atoms with Crippen LogP contribution in [0.3, 0.4) is 0 Å². The van der Waals surface area contributed by atoms with Gasteiger partial charge >= 0.3 is 5.97 Å². The lowest BCUT2D eigenvalue weighted by Gasteiger charge is -1.99. The topological polar surface area (TPSA) is 52.3 Å². The molecule has 0 aliphatic carbocycles. The maximum Gasteiger partial charge on any atom is 0.376 e. The Bertz CT molecular complexity index is 560. The van der Waals surface area contributed by atoms with Crippen molar-refractivity contribution in [2.75, 3.05) is 6.61 Å². The third kappa shape index (κ3) is 3.47. The van der Waals surface area contributed by atoms with E-state index in [0.717, 1.165) is 6.42 Å². The van der Waals surface area contributed by atoms with E-state index in [0.29, 0.717) is 31.0 Å². The van der Waals surface area contributed by atoms with Crippen LogP contribution in [0.2, 0.25) is 0 Å². The van der Waals surface area contributed by atoms with Gasteiger partial charge in [0.25, 0.3) is 0 Å². The molecule has 2 aromatic rings. The Labute approximate surface area is 118 Å².